The van der Waals surface area contributed by atoms with Crippen LogP contribution in [0, 0.1) is 0 Å². The highest BCUT2D eigenvalue weighted by atomic mass is 35.5. The van der Waals surface area contributed by atoms with Gasteiger partial charge in [0.1, 0.15) is 6.04 Å². The molecule has 1 amide bonds. The Bertz CT molecular complexity index is 730. The maximum Gasteiger partial charge on any atom is 0.328 e. The molecule has 4 nitrogen and oxygen atoms in total. The smallest absolute Gasteiger partial charge is 0.328 e. The summed E-state index contributed by atoms with van der Waals surface area (Å²) < 4.78 is 4.90. The molecule has 24 heavy (non-hydrogen) atoms. The Balaban J connectivity index is 2.08. The van der Waals surface area contributed by atoms with Gasteiger partial charge in [-0.3, -0.25) is 4.79 Å². The maximum absolute atomic E-state index is 12.6. The van der Waals surface area contributed by atoms with Crippen LogP contribution in [0.3, 0.4) is 0 Å². The number of ether oxygens (including phenoxy) is 1. The van der Waals surface area contributed by atoms with E-state index in [1.54, 1.807) is 17.0 Å². The van der Waals surface area contributed by atoms with E-state index in [1.165, 1.54) is 7.11 Å². The highest BCUT2D eigenvalue weighted by Crippen LogP contribution is 2.36. The molecule has 0 spiro atoms. The lowest BCUT2D eigenvalue weighted by atomic mass is 9.96. The van der Waals surface area contributed by atoms with Crippen LogP contribution >= 0.6 is 11.6 Å². The summed E-state index contributed by atoms with van der Waals surface area (Å²) in [6, 6.07) is 16.1. The third-order valence-electron chi connectivity index (χ3n) is 4.31. The molecule has 5 heteroatoms. The van der Waals surface area contributed by atoms with Crippen LogP contribution in [-0.2, 0) is 14.3 Å². The molecule has 2 atom stereocenters. The van der Waals surface area contributed by atoms with Gasteiger partial charge in [-0.05, 0) is 29.7 Å². The van der Waals surface area contributed by atoms with Gasteiger partial charge in [-0.2, -0.15) is 0 Å². The van der Waals surface area contributed by atoms with Crippen LogP contribution in [0.15, 0.2) is 54.6 Å². The van der Waals surface area contributed by atoms with Crippen molar-refractivity contribution in [2.45, 2.75) is 24.9 Å². The first kappa shape index (κ1) is 16.5. The predicted octanol–water partition coefficient (Wildman–Crippen LogP) is 3.59. The topological polar surface area (TPSA) is 46.6 Å². The molecule has 0 bridgehead atoms. The number of likely N-dealkylation sites (tertiary alicyclic amines) is 1. The van der Waals surface area contributed by atoms with Crippen LogP contribution in [0.2, 0.25) is 5.02 Å². The van der Waals surface area contributed by atoms with E-state index >= 15 is 0 Å². The number of methoxy groups -OCH3 is 1. The Labute approximate surface area is 146 Å². The molecule has 0 aliphatic carbocycles. The van der Waals surface area contributed by atoms with Gasteiger partial charge in [0.2, 0.25) is 5.91 Å². The van der Waals surface area contributed by atoms with E-state index in [0.717, 1.165) is 11.1 Å². The summed E-state index contributed by atoms with van der Waals surface area (Å²) >= 11 is 6.00. The second kappa shape index (κ2) is 7.05. The number of rotatable bonds is 4. The summed E-state index contributed by atoms with van der Waals surface area (Å²) in [5, 5.41) is 0.628. The van der Waals surface area contributed by atoms with Gasteiger partial charge in [-0.1, -0.05) is 54.1 Å². The zero-order chi connectivity index (χ0) is 17.1. The third kappa shape index (κ3) is 3.15. The summed E-state index contributed by atoms with van der Waals surface area (Å²) in [7, 11) is 1.35. The van der Waals surface area contributed by atoms with E-state index < -0.39 is 6.04 Å². The Morgan fingerprint density at radius 2 is 1.75 bits per heavy atom. The molecule has 2 aromatic carbocycles. The molecule has 1 heterocycles. The van der Waals surface area contributed by atoms with Crippen LogP contribution < -0.4 is 0 Å². The number of amides is 1. The molecule has 2 aromatic rings. The van der Waals surface area contributed by atoms with Crippen molar-refractivity contribution in [1.29, 1.82) is 0 Å². The Morgan fingerprint density at radius 3 is 2.38 bits per heavy atom. The van der Waals surface area contributed by atoms with E-state index in [4.69, 9.17) is 16.3 Å². The summed E-state index contributed by atoms with van der Waals surface area (Å²) in [6.07, 6.45) is 0.819. The van der Waals surface area contributed by atoms with Crippen molar-refractivity contribution in [3.8, 4) is 0 Å². The van der Waals surface area contributed by atoms with E-state index in [2.05, 4.69) is 0 Å². The third-order valence-corrected chi connectivity index (χ3v) is 4.56. The highest BCUT2D eigenvalue weighted by Gasteiger charge is 2.42. The number of hydrogen-bond acceptors (Lipinski definition) is 3. The van der Waals surface area contributed by atoms with E-state index in [9.17, 15) is 9.59 Å². The van der Waals surface area contributed by atoms with Crippen LogP contribution in [0.25, 0.3) is 0 Å². The van der Waals surface area contributed by atoms with Crippen LogP contribution in [0.4, 0.5) is 0 Å². The van der Waals surface area contributed by atoms with Crippen LogP contribution in [-0.4, -0.2) is 29.9 Å². The molecule has 1 aliphatic heterocycles. The van der Waals surface area contributed by atoms with Crippen LogP contribution in [0.5, 0.6) is 0 Å². The average Bonchev–Trinajstić information content (AvgIpc) is 2.99. The molecule has 1 aliphatic rings. The van der Waals surface area contributed by atoms with Gasteiger partial charge < -0.3 is 9.64 Å². The summed E-state index contributed by atoms with van der Waals surface area (Å²) in [5.41, 5.74) is 1.86. The molecular formula is C19H18ClNO3. The minimum Gasteiger partial charge on any atom is -0.467 e. The molecule has 0 aromatic heterocycles. The van der Waals surface area contributed by atoms with Gasteiger partial charge in [-0.15, -0.1) is 0 Å². The first-order valence-corrected chi connectivity index (χ1v) is 8.19. The zero-order valence-corrected chi connectivity index (χ0v) is 14.1. The molecular weight excluding hydrogens is 326 g/mol. The van der Waals surface area contributed by atoms with Crippen molar-refractivity contribution in [1.82, 2.24) is 4.90 Å². The lowest BCUT2D eigenvalue weighted by Crippen LogP contribution is -2.42. The van der Waals surface area contributed by atoms with Gasteiger partial charge >= 0.3 is 5.97 Å². The van der Waals surface area contributed by atoms with E-state index in [0.29, 0.717) is 17.9 Å². The van der Waals surface area contributed by atoms with E-state index in [-0.39, 0.29) is 17.9 Å². The molecule has 3 rings (SSSR count). The number of halogens is 1. The average molecular weight is 344 g/mol. The monoisotopic (exact) mass is 343 g/mol. The largest absolute Gasteiger partial charge is 0.467 e. The predicted molar refractivity (Wildman–Crippen MR) is 91.6 cm³/mol. The SMILES string of the molecule is COC(=O)C1CCC(=O)N1C(c1ccccc1)c1ccc(Cl)cc1. The number of benzene rings is 2. The van der Waals surface area contributed by atoms with Crippen molar-refractivity contribution in [2.24, 2.45) is 0 Å². The van der Waals surface area contributed by atoms with Crippen molar-refractivity contribution < 1.29 is 14.3 Å². The van der Waals surface area contributed by atoms with Crippen molar-refractivity contribution in [3.05, 3.63) is 70.7 Å². The molecule has 1 saturated heterocycles. The second-order valence-corrected chi connectivity index (χ2v) is 6.18. The maximum atomic E-state index is 12.6. The zero-order valence-electron chi connectivity index (χ0n) is 13.3. The molecule has 2 unspecified atom stereocenters. The summed E-state index contributed by atoms with van der Waals surface area (Å²) in [4.78, 5) is 26.3. The van der Waals surface area contributed by atoms with Gasteiger partial charge in [0.15, 0.2) is 0 Å². The molecule has 124 valence electrons. The van der Waals surface area contributed by atoms with Gasteiger partial charge in [0.25, 0.3) is 0 Å². The van der Waals surface area contributed by atoms with Crippen LogP contribution in [0.1, 0.15) is 30.0 Å². The Kier molecular flexibility index (Phi) is 4.86. The first-order chi connectivity index (χ1) is 11.6. The lowest BCUT2D eigenvalue weighted by Gasteiger charge is -2.32. The van der Waals surface area contributed by atoms with Gasteiger partial charge in [-0.25, -0.2) is 4.79 Å². The van der Waals surface area contributed by atoms with Crippen molar-refractivity contribution >= 4 is 23.5 Å². The van der Waals surface area contributed by atoms with Crippen molar-refractivity contribution in [3.63, 3.8) is 0 Å². The lowest BCUT2D eigenvalue weighted by molar-refractivity contribution is -0.150. The quantitative estimate of drug-likeness (QED) is 0.797. The summed E-state index contributed by atoms with van der Waals surface area (Å²) in [5.74, 6) is -0.426. The van der Waals surface area contributed by atoms with Gasteiger partial charge in [0, 0.05) is 11.4 Å². The minimum atomic E-state index is -0.566. The number of nitrogens with zero attached hydrogens (tertiary/aromatic N) is 1. The molecule has 0 saturated carbocycles. The second-order valence-electron chi connectivity index (χ2n) is 5.74. The molecule has 0 N–H and O–H groups in total. The standard InChI is InChI=1S/C19H18ClNO3/c1-24-19(23)16-11-12-17(22)21(16)18(13-5-3-2-4-6-13)14-7-9-15(20)10-8-14/h2-10,16,18H,11-12H2,1H3. The highest BCUT2D eigenvalue weighted by molar-refractivity contribution is 6.30. The normalized spacial score (nSPS) is 18.5. The number of hydrogen-bond donors (Lipinski definition) is 0. The number of esters is 1. The Hall–Kier alpha value is -2.33. The van der Waals surface area contributed by atoms with E-state index in [1.807, 2.05) is 42.5 Å². The summed E-state index contributed by atoms with van der Waals surface area (Å²) in [6.45, 7) is 0. The fraction of sp³-hybridized carbons (Fsp3) is 0.263. The minimum absolute atomic E-state index is 0.0470. The fourth-order valence-electron chi connectivity index (χ4n) is 3.19. The number of carbonyl (C=O) groups is 2. The van der Waals surface area contributed by atoms with Crippen molar-refractivity contribution in [2.75, 3.05) is 7.11 Å². The number of carbonyl (C=O) groups excluding carboxylic acids is 2. The first-order valence-electron chi connectivity index (χ1n) is 7.81. The van der Waals surface area contributed by atoms with Gasteiger partial charge in [0.05, 0.1) is 13.2 Å². The molecule has 0 radical (unpaired) electrons. The molecule has 1 fully saturated rings. The Morgan fingerprint density at radius 1 is 1.12 bits per heavy atom. The fourth-order valence-corrected chi connectivity index (χ4v) is 3.31.